The maximum atomic E-state index is 12.9. The Bertz CT molecular complexity index is 1360. The number of carbonyl (C=O) groups excluding carboxylic acids is 1. The second-order valence-electron chi connectivity index (χ2n) is 7.62. The molecule has 32 heavy (non-hydrogen) atoms. The van der Waals surface area contributed by atoms with E-state index in [-0.39, 0.29) is 5.91 Å². The van der Waals surface area contributed by atoms with Crippen molar-refractivity contribution in [2.45, 2.75) is 26.9 Å². The Balaban J connectivity index is 1.61. The number of hydrogen-bond donors (Lipinski definition) is 1. The van der Waals surface area contributed by atoms with Gasteiger partial charge >= 0.3 is 6.18 Å². The zero-order chi connectivity index (χ0) is 23.2. The first kappa shape index (κ1) is 21.5. The Hall–Kier alpha value is -3.75. The smallest absolute Gasteiger partial charge is 0.322 e. The first-order valence-corrected chi connectivity index (χ1v) is 9.81. The van der Waals surface area contributed by atoms with Gasteiger partial charge in [0.1, 0.15) is 0 Å². The molecule has 4 rings (SSSR count). The molecule has 0 saturated carbocycles. The summed E-state index contributed by atoms with van der Waals surface area (Å²) in [5.74, 6) is 0.142. The van der Waals surface area contributed by atoms with E-state index in [1.54, 1.807) is 30.8 Å². The Morgan fingerprint density at radius 1 is 1.06 bits per heavy atom. The molecule has 0 saturated heterocycles. The van der Waals surface area contributed by atoms with Gasteiger partial charge in [-0.05, 0) is 62.7 Å². The van der Waals surface area contributed by atoms with Gasteiger partial charge in [0.05, 0.1) is 22.3 Å². The number of fused-ring (bicyclic) bond motifs is 1. The number of alkyl halides is 3. The minimum Gasteiger partial charge on any atom is -0.322 e. The lowest BCUT2D eigenvalue weighted by Crippen LogP contribution is -2.15. The molecule has 0 unspecified atom stereocenters. The van der Waals surface area contributed by atoms with Crippen LogP contribution in [0.25, 0.3) is 22.3 Å². The summed E-state index contributed by atoms with van der Waals surface area (Å²) in [5, 5.41) is 7.49. The molecule has 0 fully saturated rings. The van der Waals surface area contributed by atoms with Gasteiger partial charge in [-0.1, -0.05) is 0 Å². The monoisotopic (exact) mass is 439 g/mol. The molecule has 0 bridgehead atoms. The maximum Gasteiger partial charge on any atom is 0.416 e. The van der Waals surface area contributed by atoms with E-state index >= 15 is 0 Å². The van der Waals surface area contributed by atoms with E-state index in [0.717, 1.165) is 23.4 Å². The van der Waals surface area contributed by atoms with Gasteiger partial charge in [0.2, 0.25) is 0 Å². The summed E-state index contributed by atoms with van der Waals surface area (Å²) in [6.45, 7) is 5.46. The Morgan fingerprint density at radius 3 is 2.44 bits per heavy atom. The number of aromatic nitrogens is 4. The van der Waals surface area contributed by atoms with Crippen molar-refractivity contribution in [1.29, 1.82) is 0 Å². The normalized spacial score (nSPS) is 11.7. The van der Waals surface area contributed by atoms with Crippen molar-refractivity contribution in [1.82, 2.24) is 19.7 Å². The van der Waals surface area contributed by atoms with E-state index in [0.29, 0.717) is 39.2 Å². The summed E-state index contributed by atoms with van der Waals surface area (Å²) in [4.78, 5) is 21.4. The second kappa shape index (κ2) is 7.74. The number of benzene rings is 2. The molecule has 0 atom stereocenters. The highest BCUT2D eigenvalue weighted by molar-refractivity contribution is 6.06. The molecular formula is C23H20F3N5O. The highest BCUT2D eigenvalue weighted by Crippen LogP contribution is 2.31. The lowest BCUT2D eigenvalue weighted by Gasteiger charge is -2.11. The van der Waals surface area contributed by atoms with Gasteiger partial charge < -0.3 is 5.32 Å². The third-order valence-corrected chi connectivity index (χ3v) is 5.38. The fourth-order valence-corrected chi connectivity index (χ4v) is 3.58. The number of anilines is 1. The lowest BCUT2D eigenvalue weighted by atomic mass is 10.1. The molecule has 6 nitrogen and oxygen atoms in total. The number of halogens is 3. The third-order valence-electron chi connectivity index (χ3n) is 5.38. The summed E-state index contributed by atoms with van der Waals surface area (Å²) in [7, 11) is 1.78. The van der Waals surface area contributed by atoms with E-state index in [1.165, 1.54) is 12.3 Å². The van der Waals surface area contributed by atoms with Crippen LogP contribution in [0.3, 0.4) is 0 Å². The Labute approximate surface area is 182 Å². The minimum atomic E-state index is -4.42. The SMILES string of the molecule is Cc1cc(-c2ncc3cc(C(F)(F)F)ccc3n2)ccc1NC(=O)c1c(C)nn(C)c1C. The van der Waals surface area contributed by atoms with Crippen LogP contribution in [-0.4, -0.2) is 25.7 Å². The Morgan fingerprint density at radius 2 is 1.81 bits per heavy atom. The van der Waals surface area contributed by atoms with Gasteiger partial charge in [-0.3, -0.25) is 9.48 Å². The largest absolute Gasteiger partial charge is 0.416 e. The summed E-state index contributed by atoms with van der Waals surface area (Å²) >= 11 is 0. The van der Waals surface area contributed by atoms with Crippen LogP contribution in [0, 0.1) is 20.8 Å². The van der Waals surface area contributed by atoms with E-state index in [4.69, 9.17) is 0 Å². The van der Waals surface area contributed by atoms with Crippen molar-refractivity contribution >= 4 is 22.5 Å². The Kier molecular flexibility index (Phi) is 5.20. The van der Waals surface area contributed by atoms with E-state index in [9.17, 15) is 18.0 Å². The first-order valence-electron chi connectivity index (χ1n) is 9.81. The van der Waals surface area contributed by atoms with Gasteiger partial charge in [-0.2, -0.15) is 18.3 Å². The van der Waals surface area contributed by atoms with Crippen LogP contribution in [0.5, 0.6) is 0 Å². The zero-order valence-corrected chi connectivity index (χ0v) is 17.9. The van der Waals surface area contributed by atoms with Gasteiger partial charge in [0.25, 0.3) is 5.91 Å². The molecule has 0 aliphatic rings. The summed E-state index contributed by atoms with van der Waals surface area (Å²) in [5.41, 5.74) is 3.76. The molecule has 2 heterocycles. The van der Waals surface area contributed by atoms with Crippen LogP contribution >= 0.6 is 0 Å². The van der Waals surface area contributed by atoms with Crippen molar-refractivity contribution in [3.63, 3.8) is 0 Å². The molecule has 0 aliphatic heterocycles. The summed E-state index contributed by atoms with van der Waals surface area (Å²) < 4.78 is 40.4. The number of rotatable bonds is 3. The molecule has 1 amide bonds. The number of carbonyl (C=O) groups is 1. The van der Waals surface area contributed by atoms with E-state index in [1.807, 2.05) is 19.9 Å². The molecule has 2 aromatic heterocycles. The van der Waals surface area contributed by atoms with Crippen LogP contribution in [-0.2, 0) is 13.2 Å². The van der Waals surface area contributed by atoms with Crippen molar-refractivity contribution in [3.8, 4) is 11.4 Å². The van der Waals surface area contributed by atoms with Crippen LogP contribution in [0.1, 0.15) is 32.9 Å². The lowest BCUT2D eigenvalue weighted by molar-refractivity contribution is -0.137. The van der Waals surface area contributed by atoms with Crippen molar-refractivity contribution in [2.24, 2.45) is 7.05 Å². The van der Waals surface area contributed by atoms with Crippen molar-refractivity contribution in [3.05, 3.63) is 70.7 Å². The van der Waals surface area contributed by atoms with Gasteiger partial charge in [0.15, 0.2) is 5.82 Å². The fraction of sp³-hybridized carbons (Fsp3) is 0.217. The summed E-state index contributed by atoms with van der Waals surface area (Å²) in [6, 6.07) is 8.71. The van der Waals surface area contributed by atoms with Crippen LogP contribution in [0.4, 0.5) is 18.9 Å². The molecular weight excluding hydrogens is 419 g/mol. The molecule has 9 heteroatoms. The molecule has 0 spiro atoms. The number of amides is 1. The molecule has 0 aliphatic carbocycles. The van der Waals surface area contributed by atoms with Gasteiger partial charge in [-0.15, -0.1) is 0 Å². The highest BCUT2D eigenvalue weighted by Gasteiger charge is 2.30. The predicted octanol–water partition coefficient (Wildman–Crippen LogP) is 5.23. The number of hydrogen-bond acceptors (Lipinski definition) is 4. The van der Waals surface area contributed by atoms with E-state index < -0.39 is 11.7 Å². The van der Waals surface area contributed by atoms with Gasteiger partial charge in [0, 0.05) is 35.6 Å². The quantitative estimate of drug-likeness (QED) is 0.475. The number of nitrogens with one attached hydrogen (secondary N) is 1. The predicted molar refractivity (Wildman–Crippen MR) is 115 cm³/mol. The molecule has 2 aromatic carbocycles. The minimum absolute atomic E-state index is 0.244. The van der Waals surface area contributed by atoms with Crippen molar-refractivity contribution < 1.29 is 18.0 Å². The van der Waals surface area contributed by atoms with Crippen LogP contribution in [0.15, 0.2) is 42.6 Å². The number of nitrogens with zero attached hydrogens (tertiary/aromatic N) is 4. The highest BCUT2D eigenvalue weighted by atomic mass is 19.4. The van der Waals surface area contributed by atoms with E-state index in [2.05, 4.69) is 20.4 Å². The van der Waals surface area contributed by atoms with Crippen LogP contribution in [0.2, 0.25) is 0 Å². The first-order chi connectivity index (χ1) is 15.0. The molecule has 1 N–H and O–H groups in total. The second-order valence-corrected chi connectivity index (χ2v) is 7.62. The maximum absolute atomic E-state index is 12.9. The average molecular weight is 439 g/mol. The zero-order valence-electron chi connectivity index (χ0n) is 17.9. The molecule has 4 aromatic rings. The molecule has 0 radical (unpaired) electrons. The summed E-state index contributed by atoms with van der Waals surface area (Å²) in [6.07, 6.45) is -3.04. The number of aryl methyl sites for hydroxylation is 3. The standard InChI is InChI=1S/C23H20F3N5O/c1-12-9-15(5-7-18(12)29-22(32)20-13(2)30-31(4)14(20)3)21-27-11-16-10-17(23(24,25)26)6-8-19(16)28-21/h5-11H,1-4H3,(H,29,32). The third kappa shape index (κ3) is 3.93. The fourth-order valence-electron chi connectivity index (χ4n) is 3.58. The van der Waals surface area contributed by atoms with Gasteiger partial charge in [-0.25, -0.2) is 9.97 Å². The van der Waals surface area contributed by atoms with Crippen LogP contribution < -0.4 is 5.32 Å². The average Bonchev–Trinajstić information content (AvgIpc) is 2.99. The molecule has 164 valence electrons. The van der Waals surface area contributed by atoms with Crippen molar-refractivity contribution in [2.75, 3.05) is 5.32 Å². The topological polar surface area (TPSA) is 72.7 Å².